The van der Waals surface area contributed by atoms with Gasteiger partial charge in [-0.05, 0) is 43.2 Å². The van der Waals surface area contributed by atoms with Crippen molar-refractivity contribution in [2.45, 2.75) is 26.1 Å². The summed E-state index contributed by atoms with van der Waals surface area (Å²) < 4.78 is 18.8. The van der Waals surface area contributed by atoms with Crippen LogP contribution in [0.4, 0.5) is 14.9 Å². The fourth-order valence-electron chi connectivity index (χ4n) is 2.16. The number of anilines is 1. The molecule has 2 aromatic carbocycles. The zero-order chi connectivity index (χ0) is 18.2. The number of nitrogens with zero attached hydrogens (tertiary/aromatic N) is 1. The van der Waals surface area contributed by atoms with Gasteiger partial charge in [-0.25, -0.2) is 9.18 Å². The molecule has 0 aliphatic heterocycles. The molecule has 5 nitrogen and oxygen atoms in total. The fraction of sp³-hybridized carbons (Fsp3) is 0.316. The summed E-state index contributed by atoms with van der Waals surface area (Å²) in [5.41, 5.74) is 1.33. The molecular weight excluding hydrogens is 323 g/mol. The van der Waals surface area contributed by atoms with Gasteiger partial charge in [-0.1, -0.05) is 18.2 Å². The van der Waals surface area contributed by atoms with E-state index < -0.39 is 6.10 Å². The second-order valence-electron chi connectivity index (χ2n) is 5.94. The molecule has 2 N–H and O–H groups in total. The number of carbonyl (C=O) groups excluding carboxylic acids is 1. The van der Waals surface area contributed by atoms with Crippen LogP contribution in [0.3, 0.4) is 0 Å². The lowest BCUT2D eigenvalue weighted by molar-refractivity contribution is 0.167. The van der Waals surface area contributed by atoms with Crippen LogP contribution in [-0.4, -0.2) is 35.7 Å². The third kappa shape index (κ3) is 6.43. The predicted octanol–water partition coefficient (Wildman–Crippen LogP) is 3.64. The molecule has 0 heterocycles. The molecule has 0 bridgehead atoms. The molecule has 0 spiro atoms. The van der Waals surface area contributed by atoms with Gasteiger partial charge < -0.3 is 20.1 Å². The topological polar surface area (TPSA) is 61.8 Å². The minimum absolute atomic E-state index is 0.240. The molecule has 6 heteroatoms. The van der Waals surface area contributed by atoms with E-state index in [-0.39, 0.29) is 18.5 Å². The Morgan fingerprint density at radius 3 is 2.76 bits per heavy atom. The van der Waals surface area contributed by atoms with Gasteiger partial charge in [0.25, 0.3) is 0 Å². The van der Waals surface area contributed by atoms with Gasteiger partial charge >= 0.3 is 6.03 Å². The molecule has 25 heavy (non-hydrogen) atoms. The predicted molar refractivity (Wildman–Crippen MR) is 95.1 cm³/mol. The first kappa shape index (κ1) is 18.7. The maximum atomic E-state index is 13.2. The molecule has 0 aromatic heterocycles. The normalized spacial score (nSPS) is 11.7. The fourth-order valence-corrected chi connectivity index (χ4v) is 2.16. The highest BCUT2D eigenvalue weighted by atomic mass is 19.1. The van der Waals surface area contributed by atoms with Crippen LogP contribution in [0.25, 0.3) is 0 Å². The Bertz CT molecular complexity index is 707. The van der Waals surface area contributed by atoms with Crippen molar-refractivity contribution in [3.8, 4) is 5.75 Å². The molecule has 134 valence electrons. The summed E-state index contributed by atoms with van der Waals surface area (Å²) in [5, 5.41) is 12.1. The minimum atomic E-state index is -0.449. The average Bonchev–Trinajstić information content (AvgIpc) is 2.58. The average molecular weight is 346 g/mol. The number of amides is 2. The van der Waals surface area contributed by atoms with Crippen LogP contribution in [0.15, 0.2) is 48.5 Å². The number of halogens is 1. The molecule has 2 amide bonds. The van der Waals surface area contributed by atoms with E-state index in [9.17, 15) is 14.3 Å². The number of benzene rings is 2. The molecule has 0 saturated carbocycles. The smallest absolute Gasteiger partial charge is 0.321 e. The van der Waals surface area contributed by atoms with Crippen LogP contribution in [0.1, 0.15) is 18.9 Å². The third-order valence-electron chi connectivity index (χ3n) is 3.61. The summed E-state index contributed by atoms with van der Waals surface area (Å²) in [7, 11) is 1.67. The van der Waals surface area contributed by atoms with Crippen molar-refractivity contribution < 1.29 is 19.0 Å². The van der Waals surface area contributed by atoms with E-state index in [0.29, 0.717) is 24.4 Å². The molecular formula is C19H23FN2O3. The SMILES string of the molecule is CC(O)CCN(C)C(=O)Nc1cccc(OCc2cccc(F)c2)c1. The maximum absolute atomic E-state index is 13.2. The van der Waals surface area contributed by atoms with Crippen molar-refractivity contribution in [1.82, 2.24) is 4.90 Å². The summed E-state index contributed by atoms with van der Waals surface area (Å²) in [6.45, 7) is 2.38. The molecule has 0 aliphatic carbocycles. The van der Waals surface area contributed by atoms with E-state index in [1.165, 1.54) is 17.0 Å². The summed E-state index contributed by atoms with van der Waals surface area (Å²) in [6.07, 6.45) is 0.0653. The van der Waals surface area contributed by atoms with Gasteiger partial charge in [-0.15, -0.1) is 0 Å². The van der Waals surface area contributed by atoms with E-state index in [1.807, 2.05) is 0 Å². The van der Waals surface area contributed by atoms with Gasteiger partial charge in [0.05, 0.1) is 6.10 Å². The minimum Gasteiger partial charge on any atom is -0.489 e. The lowest BCUT2D eigenvalue weighted by Crippen LogP contribution is -2.33. The van der Waals surface area contributed by atoms with Crippen LogP contribution >= 0.6 is 0 Å². The molecule has 2 aromatic rings. The van der Waals surface area contributed by atoms with E-state index in [2.05, 4.69) is 5.32 Å². The number of hydrogen-bond acceptors (Lipinski definition) is 3. The molecule has 0 saturated heterocycles. The standard InChI is InChI=1S/C19H23FN2O3/c1-14(23)9-10-22(2)19(24)21-17-7-4-8-18(12-17)25-13-15-5-3-6-16(20)11-15/h3-8,11-12,14,23H,9-10,13H2,1-2H3,(H,21,24). The zero-order valence-electron chi connectivity index (χ0n) is 14.4. The van der Waals surface area contributed by atoms with Crippen molar-refractivity contribution in [3.63, 3.8) is 0 Å². The van der Waals surface area contributed by atoms with Crippen molar-refractivity contribution in [2.75, 3.05) is 18.9 Å². The van der Waals surface area contributed by atoms with Crippen molar-refractivity contribution in [3.05, 3.63) is 59.9 Å². The maximum Gasteiger partial charge on any atom is 0.321 e. The third-order valence-corrected chi connectivity index (χ3v) is 3.61. The molecule has 0 aliphatic rings. The summed E-state index contributed by atoms with van der Waals surface area (Å²) in [6, 6.07) is 13.0. The summed E-state index contributed by atoms with van der Waals surface area (Å²) in [4.78, 5) is 13.6. The Morgan fingerprint density at radius 1 is 1.28 bits per heavy atom. The highest BCUT2D eigenvalue weighted by Crippen LogP contribution is 2.19. The Labute approximate surface area is 147 Å². The van der Waals surface area contributed by atoms with Gasteiger partial charge in [0.2, 0.25) is 0 Å². The second-order valence-corrected chi connectivity index (χ2v) is 5.94. The van der Waals surface area contributed by atoms with Crippen LogP contribution in [-0.2, 0) is 6.61 Å². The quantitative estimate of drug-likeness (QED) is 0.805. The number of carbonyl (C=O) groups is 1. The van der Waals surface area contributed by atoms with Crippen molar-refractivity contribution in [2.24, 2.45) is 0 Å². The van der Waals surface area contributed by atoms with Crippen molar-refractivity contribution in [1.29, 1.82) is 0 Å². The number of aliphatic hydroxyl groups excluding tert-OH is 1. The van der Waals surface area contributed by atoms with E-state index >= 15 is 0 Å². The Morgan fingerprint density at radius 2 is 2.04 bits per heavy atom. The molecule has 2 rings (SSSR count). The lowest BCUT2D eigenvalue weighted by Gasteiger charge is -2.19. The largest absolute Gasteiger partial charge is 0.489 e. The second kappa shape index (κ2) is 9.03. The van der Waals surface area contributed by atoms with Crippen LogP contribution in [0.2, 0.25) is 0 Å². The monoisotopic (exact) mass is 346 g/mol. The van der Waals surface area contributed by atoms with E-state index in [1.54, 1.807) is 50.4 Å². The Balaban J connectivity index is 1.91. The first-order valence-corrected chi connectivity index (χ1v) is 8.11. The van der Waals surface area contributed by atoms with Gasteiger partial charge in [-0.2, -0.15) is 0 Å². The number of hydrogen-bond donors (Lipinski definition) is 2. The van der Waals surface area contributed by atoms with Crippen molar-refractivity contribution >= 4 is 11.7 Å². The number of rotatable bonds is 7. The van der Waals surface area contributed by atoms with E-state index in [4.69, 9.17) is 4.74 Å². The highest BCUT2D eigenvalue weighted by Gasteiger charge is 2.10. The highest BCUT2D eigenvalue weighted by molar-refractivity contribution is 5.89. The Kier molecular flexibility index (Phi) is 6.77. The van der Waals surface area contributed by atoms with Gasteiger partial charge in [0, 0.05) is 25.3 Å². The zero-order valence-corrected chi connectivity index (χ0v) is 14.4. The number of aliphatic hydroxyl groups is 1. The van der Waals surface area contributed by atoms with Crippen LogP contribution < -0.4 is 10.1 Å². The van der Waals surface area contributed by atoms with Gasteiger partial charge in [0.1, 0.15) is 18.2 Å². The lowest BCUT2D eigenvalue weighted by atomic mass is 10.2. The van der Waals surface area contributed by atoms with Gasteiger partial charge in [0.15, 0.2) is 0 Å². The number of nitrogens with one attached hydrogen (secondary N) is 1. The molecule has 1 atom stereocenters. The molecule has 0 fully saturated rings. The Hall–Kier alpha value is -2.60. The number of urea groups is 1. The molecule has 0 radical (unpaired) electrons. The first-order valence-electron chi connectivity index (χ1n) is 8.11. The number of ether oxygens (including phenoxy) is 1. The summed E-state index contributed by atoms with van der Waals surface area (Å²) >= 11 is 0. The van der Waals surface area contributed by atoms with Crippen LogP contribution in [0.5, 0.6) is 5.75 Å². The van der Waals surface area contributed by atoms with E-state index in [0.717, 1.165) is 5.56 Å². The van der Waals surface area contributed by atoms with Crippen LogP contribution in [0, 0.1) is 5.82 Å². The molecule has 1 unspecified atom stereocenters. The summed E-state index contributed by atoms with van der Waals surface area (Å²) in [5.74, 6) is 0.274. The first-order chi connectivity index (χ1) is 11.9. The van der Waals surface area contributed by atoms with Gasteiger partial charge in [-0.3, -0.25) is 0 Å².